The normalized spacial score (nSPS) is 10.7. The summed E-state index contributed by atoms with van der Waals surface area (Å²) in [4.78, 5) is 15.2. The lowest BCUT2D eigenvalue weighted by atomic mass is 10.3. The van der Waals surface area contributed by atoms with Crippen LogP contribution in [0.1, 0.15) is 24.0 Å². The summed E-state index contributed by atoms with van der Waals surface area (Å²) in [5.74, 6) is 0.878. The third kappa shape index (κ3) is 3.55. The molecule has 0 saturated heterocycles. The number of H-pyrrole nitrogens is 1. The molecular formula is C13H18N4OS2. The molecule has 2 rings (SSSR count). The number of aromatic nitrogens is 3. The Balaban J connectivity index is 2.04. The number of carbonyl (C=O) groups is 1. The molecule has 1 N–H and O–H groups in total. The van der Waals surface area contributed by atoms with Crippen molar-refractivity contribution in [2.75, 3.05) is 7.05 Å². The Kier molecular flexibility index (Phi) is 5.08. The van der Waals surface area contributed by atoms with Gasteiger partial charge in [-0.05, 0) is 30.1 Å². The first-order chi connectivity index (χ1) is 9.61. The molecule has 7 heteroatoms. The van der Waals surface area contributed by atoms with Gasteiger partial charge in [0.1, 0.15) is 12.4 Å². The molecule has 0 aromatic carbocycles. The lowest BCUT2D eigenvalue weighted by Crippen LogP contribution is -2.30. The van der Waals surface area contributed by atoms with E-state index in [4.69, 9.17) is 12.2 Å². The van der Waals surface area contributed by atoms with Crippen molar-refractivity contribution < 1.29 is 4.79 Å². The Morgan fingerprint density at radius 1 is 1.60 bits per heavy atom. The van der Waals surface area contributed by atoms with E-state index in [-0.39, 0.29) is 12.5 Å². The zero-order chi connectivity index (χ0) is 14.5. The lowest BCUT2D eigenvalue weighted by molar-refractivity contribution is -0.131. The van der Waals surface area contributed by atoms with Crippen LogP contribution in [0.3, 0.4) is 0 Å². The van der Waals surface area contributed by atoms with E-state index < -0.39 is 0 Å². The van der Waals surface area contributed by atoms with Crippen molar-refractivity contribution in [3.63, 3.8) is 0 Å². The molecule has 2 aromatic heterocycles. The molecule has 0 saturated carbocycles. The number of carbonyl (C=O) groups excluding carboxylic acids is 1. The highest BCUT2D eigenvalue weighted by molar-refractivity contribution is 7.71. The highest BCUT2D eigenvalue weighted by Gasteiger charge is 2.14. The molecular weight excluding hydrogens is 292 g/mol. The largest absolute Gasteiger partial charge is 0.339 e. The Hall–Kier alpha value is -1.47. The fraction of sp³-hybridized carbons (Fsp3) is 0.462. The van der Waals surface area contributed by atoms with Gasteiger partial charge in [-0.2, -0.15) is 5.10 Å². The monoisotopic (exact) mass is 310 g/mol. The van der Waals surface area contributed by atoms with Gasteiger partial charge < -0.3 is 4.90 Å². The molecule has 0 aliphatic carbocycles. The first kappa shape index (κ1) is 14.9. The van der Waals surface area contributed by atoms with Crippen LogP contribution in [0.4, 0.5) is 0 Å². The molecule has 0 fully saturated rings. The van der Waals surface area contributed by atoms with Crippen LogP contribution in [0.2, 0.25) is 0 Å². The quantitative estimate of drug-likeness (QED) is 0.835. The van der Waals surface area contributed by atoms with E-state index in [2.05, 4.69) is 17.1 Å². The Labute approximate surface area is 127 Å². The molecule has 2 heterocycles. The van der Waals surface area contributed by atoms with Crippen molar-refractivity contribution in [1.29, 1.82) is 0 Å². The fourth-order valence-corrected chi connectivity index (χ4v) is 2.88. The summed E-state index contributed by atoms with van der Waals surface area (Å²) in [6, 6.07) is 4.02. The Morgan fingerprint density at radius 3 is 3.05 bits per heavy atom. The van der Waals surface area contributed by atoms with E-state index in [1.165, 1.54) is 4.88 Å². The van der Waals surface area contributed by atoms with Crippen molar-refractivity contribution in [2.45, 2.75) is 32.9 Å². The summed E-state index contributed by atoms with van der Waals surface area (Å²) in [5.41, 5.74) is 0. The molecule has 0 radical (unpaired) electrons. The Bertz CT molecular complexity index is 615. The van der Waals surface area contributed by atoms with Crippen molar-refractivity contribution in [2.24, 2.45) is 0 Å². The van der Waals surface area contributed by atoms with Crippen molar-refractivity contribution in [3.05, 3.63) is 33.0 Å². The van der Waals surface area contributed by atoms with Crippen LogP contribution < -0.4 is 0 Å². The van der Waals surface area contributed by atoms with Gasteiger partial charge in [0.25, 0.3) is 0 Å². The minimum Gasteiger partial charge on any atom is -0.339 e. The summed E-state index contributed by atoms with van der Waals surface area (Å²) in [7, 11) is 1.81. The van der Waals surface area contributed by atoms with Gasteiger partial charge >= 0.3 is 0 Å². The number of nitrogens with one attached hydrogen (secondary N) is 1. The first-order valence-electron chi connectivity index (χ1n) is 6.52. The third-order valence-electron chi connectivity index (χ3n) is 3.00. The SMILES string of the molecule is CCCc1n[nH]c(=S)n1CC(=O)N(C)Cc1cccs1. The lowest BCUT2D eigenvalue weighted by Gasteiger charge is -2.17. The average Bonchev–Trinajstić information content (AvgIpc) is 3.03. The molecule has 0 spiro atoms. The maximum atomic E-state index is 12.3. The fourth-order valence-electron chi connectivity index (χ4n) is 1.91. The number of aromatic amines is 1. The van der Waals surface area contributed by atoms with E-state index >= 15 is 0 Å². The molecule has 0 bridgehead atoms. The van der Waals surface area contributed by atoms with Gasteiger partial charge in [-0.25, -0.2) is 0 Å². The van der Waals surface area contributed by atoms with Crippen LogP contribution in [-0.4, -0.2) is 32.6 Å². The summed E-state index contributed by atoms with van der Waals surface area (Å²) >= 11 is 6.84. The van der Waals surface area contributed by atoms with Crippen LogP contribution >= 0.6 is 23.6 Å². The summed E-state index contributed by atoms with van der Waals surface area (Å²) in [6.07, 6.45) is 1.79. The van der Waals surface area contributed by atoms with Crippen molar-refractivity contribution >= 4 is 29.5 Å². The number of aryl methyl sites for hydroxylation is 1. The van der Waals surface area contributed by atoms with Gasteiger partial charge in [0.15, 0.2) is 4.77 Å². The smallest absolute Gasteiger partial charge is 0.242 e. The van der Waals surface area contributed by atoms with Gasteiger partial charge in [-0.1, -0.05) is 13.0 Å². The van der Waals surface area contributed by atoms with E-state index in [9.17, 15) is 4.79 Å². The molecule has 2 aromatic rings. The minimum atomic E-state index is 0.0354. The van der Waals surface area contributed by atoms with Gasteiger partial charge in [0.2, 0.25) is 5.91 Å². The summed E-state index contributed by atoms with van der Waals surface area (Å²) < 4.78 is 2.29. The number of hydrogen-bond donors (Lipinski definition) is 1. The molecule has 108 valence electrons. The number of hydrogen-bond acceptors (Lipinski definition) is 4. The standard InChI is InChI=1S/C13H18N4OS2/c1-3-5-11-14-15-13(19)17(11)9-12(18)16(2)8-10-6-4-7-20-10/h4,6-7H,3,5,8-9H2,1-2H3,(H,15,19). The van der Waals surface area contributed by atoms with Gasteiger partial charge in [-0.15, -0.1) is 11.3 Å². The summed E-state index contributed by atoms with van der Waals surface area (Å²) in [6.45, 7) is 2.95. The third-order valence-corrected chi connectivity index (χ3v) is 4.18. The highest BCUT2D eigenvalue weighted by Crippen LogP contribution is 2.11. The van der Waals surface area contributed by atoms with E-state index in [0.717, 1.165) is 18.7 Å². The second-order valence-corrected chi connectivity index (χ2v) is 6.03. The van der Waals surface area contributed by atoms with E-state index in [0.29, 0.717) is 11.3 Å². The van der Waals surface area contributed by atoms with Crippen LogP contribution in [0.25, 0.3) is 0 Å². The average molecular weight is 310 g/mol. The topological polar surface area (TPSA) is 53.9 Å². The maximum absolute atomic E-state index is 12.3. The summed E-state index contributed by atoms with van der Waals surface area (Å²) in [5, 5.41) is 8.94. The van der Waals surface area contributed by atoms with Crippen molar-refractivity contribution in [3.8, 4) is 0 Å². The number of amides is 1. The molecule has 0 aliphatic rings. The van der Waals surface area contributed by atoms with Crippen LogP contribution in [0, 0.1) is 4.77 Å². The second-order valence-electron chi connectivity index (χ2n) is 4.61. The molecule has 0 atom stereocenters. The molecule has 1 amide bonds. The number of thiophene rings is 1. The van der Waals surface area contributed by atoms with Crippen LogP contribution in [0.15, 0.2) is 17.5 Å². The molecule has 5 nitrogen and oxygen atoms in total. The van der Waals surface area contributed by atoms with Gasteiger partial charge in [0.05, 0.1) is 6.54 Å². The maximum Gasteiger partial charge on any atom is 0.242 e. The van der Waals surface area contributed by atoms with Crippen molar-refractivity contribution in [1.82, 2.24) is 19.7 Å². The van der Waals surface area contributed by atoms with E-state index in [1.54, 1.807) is 20.8 Å². The van der Waals surface area contributed by atoms with Crippen LogP contribution in [-0.2, 0) is 24.3 Å². The van der Waals surface area contributed by atoms with Gasteiger partial charge in [0, 0.05) is 18.3 Å². The molecule has 20 heavy (non-hydrogen) atoms. The predicted octanol–water partition coefficient (Wildman–Crippen LogP) is 2.61. The van der Waals surface area contributed by atoms with Crippen LogP contribution in [0.5, 0.6) is 0 Å². The first-order valence-corrected chi connectivity index (χ1v) is 7.81. The second kappa shape index (κ2) is 6.81. The zero-order valence-corrected chi connectivity index (χ0v) is 13.3. The van der Waals surface area contributed by atoms with Gasteiger partial charge in [-0.3, -0.25) is 14.5 Å². The van der Waals surface area contributed by atoms with E-state index in [1.807, 2.05) is 24.6 Å². The highest BCUT2D eigenvalue weighted by atomic mass is 32.1. The zero-order valence-electron chi connectivity index (χ0n) is 11.6. The minimum absolute atomic E-state index is 0.0354. The number of likely N-dealkylation sites (N-methyl/N-ethyl adjacent to an activating group) is 1. The predicted molar refractivity (Wildman–Crippen MR) is 82.2 cm³/mol. The molecule has 0 unspecified atom stereocenters. The Morgan fingerprint density at radius 2 is 2.40 bits per heavy atom. The number of nitrogens with zero attached hydrogens (tertiary/aromatic N) is 3. The molecule has 0 aliphatic heterocycles. The number of rotatable bonds is 6.